The number of aromatic nitrogens is 1. The first-order valence-electron chi connectivity index (χ1n) is 9.34. The second-order valence-electron chi connectivity index (χ2n) is 7.11. The Balaban J connectivity index is 1.64. The van der Waals surface area contributed by atoms with Crippen molar-refractivity contribution in [3.8, 4) is 0 Å². The molecule has 6 nitrogen and oxygen atoms in total. The predicted octanol–water partition coefficient (Wildman–Crippen LogP) is 2.95. The van der Waals surface area contributed by atoms with Gasteiger partial charge < -0.3 is 9.67 Å². The van der Waals surface area contributed by atoms with Crippen molar-refractivity contribution >= 4 is 26.9 Å². The van der Waals surface area contributed by atoms with Gasteiger partial charge in [-0.2, -0.15) is 0 Å². The number of nitrogens with zero attached hydrogens (tertiary/aromatic N) is 1. The number of sulfonamides is 1. The summed E-state index contributed by atoms with van der Waals surface area (Å²) in [4.78, 5) is 11.3. The molecule has 2 aromatic carbocycles. The number of benzene rings is 2. The molecule has 0 spiro atoms. The average Bonchev–Trinajstić information content (AvgIpc) is 3.00. The molecule has 1 aromatic heterocycles. The van der Waals surface area contributed by atoms with Crippen molar-refractivity contribution in [1.82, 2.24) is 9.29 Å². The van der Waals surface area contributed by atoms with Gasteiger partial charge in [0.1, 0.15) is 0 Å². The van der Waals surface area contributed by atoms with Crippen molar-refractivity contribution < 1.29 is 18.3 Å². The number of aryl methyl sites for hydroxylation is 1. The summed E-state index contributed by atoms with van der Waals surface area (Å²) in [5.74, 6) is -0.823. The molecule has 0 saturated carbocycles. The first-order valence-corrected chi connectivity index (χ1v) is 10.8. The van der Waals surface area contributed by atoms with Crippen LogP contribution in [-0.4, -0.2) is 30.1 Å². The highest BCUT2D eigenvalue weighted by Crippen LogP contribution is 2.33. The summed E-state index contributed by atoms with van der Waals surface area (Å²) in [5.41, 5.74) is 3.26. The first kappa shape index (κ1) is 18.7. The van der Waals surface area contributed by atoms with Gasteiger partial charge in [-0.05, 0) is 43.0 Å². The van der Waals surface area contributed by atoms with Gasteiger partial charge in [-0.15, -0.1) is 0 Å². The Morgan fingerprint density at radius 1 is 1.11 bits per heavy atom. The van der Waals surface area contributed by atoms with Gasteiger partial charge in [0.15, 0.2) is 0 Å². The molecule has 0 radical (unpaired) electrons. The van der Waals surface area contributed by atoms with Crippen LogP contribution in [0.1, 0.15) is 24.1 Å². The fourth-order valence-corrected chi connectivity index (χ4v) is 5.34. The summed E-state index contributed by atoms with van der Waals surface area (Å²) in [6.45, 7) is 0.422. The number of hydrogen-bond donors (Lipinski definition) is 2. The lowest BCUT2D eigenvalue weighted by molar-refractivity contribution is -0.137. The smallest absolute Gasteiger partial charge is 0.305 e. The minimum Gasteiger partial charge on any atom is -0.481 e. The summed E-state index contributed by atoms with van der Waals surface area (Å²) in [6, 6.07) is 16.1. The number of carbonyl (C=O) groups is 1. The van der Waals surface area contributed by atoms with Crippen LogP contribution in [0.3, 0.4) is 0 Å². The standard InChI is InChI=1S/C21H22N2O4S/c24-21(25)12-13-23-19-9-5-4-8-17(19)18-14-15(10-11-20(18)23)22-28(26,27)16-6-2-1-3-7-16/h1-9,15,22H,10-14H2,(H,24,25). The van der Waals surface area contributed by atoms with E-state index in [2.05, 4.69) is 9.29 Å². The third-order valence-corrected chi connectivity index (χ3v) is 6.84. The lowest BCUT2D eigenvalue weighted by Gasteiger charge is -2.25. The minimum atomic E-state index is -3.56. The molecule has 7 heteroatoms. The van der Waals surface area contributed by atoms with Crippen molar-refractivity contribution in [2.75, 3.05) is 0 Å². The molecule has 0 aliphatic heterocycles. The number of para-hydroxylation sites is 1. The molecule has 2 N–H and O–H groups in total. The molecule has 0 saturated heterocycles. The number of rotatable bonds is 6. The summed E-state index contributed by atoms with van der Waals surface area (Å²) >= 11 is 0. The quantitative estimate of drug-likeness (QED) is 0.668. The van der Waals surface area contributed by atoms with Crippen LogP contribution in [0.2, 0.25) is 0 Å². The van der Waals surface area contributed by atoms with Crippen molar-refractivity contribution in [3.05, 3.63) is 65.9 Å². The van der Waals surface area contributed by atoms with Crippen LogP contribution in [0.5, 0.6) is 0 Å². The van der Waals surface area contributed by atoms with Crippen LogP contribution in [0, 0.1) is 0 Å². The monoisotopic (exact) mass is 398 g/mol. The summed E-state index contributed by atoms with van der Waals surface area (Å²) in [6.07, 6.45) is 2.06. The Morgan fingerprint density at radius 2 is 1.82 bits per heavy atom. The normalized spacial score (nSPS) is 16.8. The molecule has 1 heterocycles. The Morgan fingerprint density at radius 3 is 2.57 bits per heavy atom. The van der Waals surface area contributed by atoms with E-state index in [1.807, 2.05) is 24.3 Å². The Kier molecular flexibility index (Phi) is 4.95. The zero-order chi connectivity index (χ0) is 19.7. The van der Waals surface area contributed by atoms with E-state index in [0.717, 1.165) is 22.2 Å². The van der Waals surface area contributed by atoms with E-state index in [4.69, 9.17) is 5.11 Å². The number of aliphatic carboxylic acids is 1. The third-order valence-electron chi connectivity index (χ3n) is 5.30. The highest BCUT2D eigenvalue weighted by atomic mass is 32.2. The summed E-state index contributed by atoms with van der Waals surface area (Å²) in [5, 5.41) is 10.2. The summed E-state index contributed by atoms with van der Waals surface area (Å²) in [7, 11) is -3.56. The molecule has 0 fully saturated rings. The van der Waals surface area contributed by atoms with Crippen LogP contribution < -0.4 is 4.72 Å². The van der Waals surface area contributed by atoms with Crippen LogP contribution >= 0.6 is 0 Å². The lowest BCUT2D eigenvalue weighted by Crippen LogP contribution is -2.39. The van der Waals surface area contributed by atoms with Gasteiger partial charge in [0.2, 0.25) is 10.0 Å². The van der Waals surface area contributed by atoms with Gasteiger partial charge in [0.25, 0.3) is 0 Å². The van der Waals surface area contributed by atoms with E-state index in [1.165, 1.54) is 0 Å². The molecule has 4 rings (SSSR count). The van der Waals surface area contributed by atoms with Crippen molar-refractivity contribution in [2.45, 2.75) is 43.2 Å². The van der Waals surface area contributed by atoms with Crippen molar-refractivity contribution in [3.63, 3.8) is 0 Å². The largest absolute Gasteiger partial charge is 0.481 e. The minimum absolute atomic E-state index is 0.0647. The molecule has 1 aliphatic carbocycles. The van der Waals surface area contributed by atoms with E-state index >= 15 is 0 Å². The highest BCUT2D eigenvalue weighted by Gasteiger charge is 2.28. The Labute approximate surface area is 163 Å². The van der Waals surface area contributed by atoms with Gasteiger partial charge >= 0.3 is 5.97 Å². The maximum Gasteiger partial charge on any atom is 0.305 e. The van der Waals surface area contributed by atoms with Gasteiger partial charge in [-0.3, -0.25) is 4.79 Å². The van der Waals surface area contributed by atoms with Gasteiger partial charge in [-0.1, -0.05) is 36.4 Å². The second-order valence-corrected chi connectivity index (χ2v) is 8.83. The molecule has 28 heavy (non-hydrogen) atoms. The van der Waals surface area contributed by atoms with Crippen molar-refractivity contribution in [1.29, 1.82) is 0 Å². The van der Waals surface area contributed by atoms with Crippen LogP contribution in [-0.2, 0) is 34.2 Å². The van der Waals surface area contributed by atoms with E-state index in [9.17, 15) is 13.2 Å². The Bertz CT molecular complexity index is 1120. The molecular formula is C21H22N2O4S. The van der Waals surface area contributed by atoms with Crippen LogP contribution in [0.15, 0.2) is 59.5 Å². The number of carboxylic acid groups (broad SMARTS) is 1. The van der Waals surface area contributed by atoms with Crippen LogP contribution in [0.4, 0.5) is 0 Å². The van der Waals surface area contributed by atoms with E-state index in [1.54, 1.807) is 30.3 Å². The molecule has 1 aliphatic rings. The summed E-state index contributed by atoms with van der Waals surface area (Å²) < 4.78 is 30.3. The number of fused-ring (bicyclic) bond motifs is 3. The van der Waals surface area contributed by atoms with Gasteiger partial charge in [-0.25, -0.2) is 13.1 Å². The predicted molar refractivity (Wildman–Crippen MR) is 107 cm³/mol. The molecule has 0 amide bonds. The molecule has 3 aromatic rings. The maximum absolute atomic E-state index is 12.7. The lowest BCUT2D eigenvalue weighted by atomic mass is 9.92. The van der Waals surface area contributed by atoms with E-state index in [-0.39, 0.29) is 17.4 Å². The fourth-order valence-electron chi connectivity index (χ4n) is 4.05. The molecule has 0 bridgehead atoms. The molecular weight excluding hydrogens is 376 g/mol. The number of nitrogens with one attached hydrogen (secondary N) is 1. The van der Waals surface area contributed by atoms with Crippen molar-refractivity contribution in [2.24, 2.45) is 0 Å². The topological polar surface area (TPSA) is 88.4 Å². The first-order chi connectivity index (χ1) is 13.5. The third kappa shape index (κ3) is 3.55. The number of hydrogen-bond acceptors (Lipinski definition) is 3. The zero-order valence-corrected chi connectivity index (χ0v) is 16.2. The SMILES string of the molecule is O=C(O)CCn1c2c(c3ccccc31)CC(NS(=O)(=O)c1ccccc1)CC2. The van der Waals surface area contributed by atoms with Crippen LogP contribution in [0.25, 0.3) is 10.9 Å². The zero-order valence-electron chi connectivity index (χ0n) is 15.3. The highest BCUT2D eigenvalue weighted by molar-refractivity contribution is 7.89. The molecule has 1 atom stereocenters. The van der Waals surface area contributed by atoms with Gasteiger partial charge in [0.05, 0.1) is 11.3 Å². The number of carboxylic acids is 1. The average molecular weight is 398 g/mol. The maximum atomic E-state index is 12.7. The molecule has 146 valence electrons. The Hall–Kier alpha value is -2.64. The van der Waals surface area contributed by atoms with Gasteiger partial charge in [0, 0.05) is 29.2 Å². The van der Waals surface area contributed by atoms with E-state index in [0.29, 0.717) is 25.8 Å². The fraction of sp³-hybridized carbons (Fsp3) is 0.286. The molecule has 1 unspecified atom stereocenters. The second kappa shape index (κ2) is 7.41. The van der Waals surface area contributed by atoms with E-state index < -0.39 is 16.0 Å².